The van der Waals surface area contributed by atoms with E-state index in [0.29, 0.717) is 33.6 Å². The number of para-hydroxylation sites is 1. The predicted octanol–water partition coefficient (Wildman–Crippen LogP) is 4.63. The van der Waals surface area contributed by atoms with E-state index in [1.165, 1.54) is 0 Å². The van der Waals surface area contributed by atoms with Crippen LogP contribution >= 0.6 is 15.9 Å². The van der Waals surface area contributed by atoms with Gasteiger partial charge in [-0.25, -0.2) is 0 Å². The summed E-state index contributed by atoms with van der Waals surface area (Å²) in [5.41, 5.74) is 0.977. The van der Waals surface area contributed by atoms with Gasteiger partial charge in [-0.2, -0.15) is 0 Å². The van der Waals surface area contributed by atoms with Crippen LogP contribution in [0.2, 0.25) is 0 Å². The minimum Gasteiger partial charge on any atom is -0.493 e. The molecule has 2 amide bonds. The van der Waals surface area contributed by atoms with Crippen molar-refractivity contribution in [2.75, 3.05) is 11.9 Å². The van der Waals surface area contributed by atoms with E-state index in [0.717, 1.165) is 0 Å². The Balaban J connectivity index is 2.22. The van der Waals surface area contributed by atoms with Crippen molar-refractivity contribution in [1.82, 2.24) is 5.32 Å². The van der Waals surface area contributed by atoms with Crippen LogP contribution in [0.4, 0.5) is 5.69 Å². The summed E-state index contributed by atoms with van der Waals surface area (Å²) in [5, 5.41) is 5.72. The second kappa shape index (κ2) is 8.36. The van der Waals surface area contributed by atoms with Crippen molar-refractivity contribution in [3.63, 3.8) is 0 Å². The number of amides is 2. The first-order chi connectivity index (χ1) is 12.2. The van der Waals surface area contributed by atoms with E-state index in [9.17, 15) is 9.59 Å². The molecule has 0 unspecified atom stereocenters. The number of hydrogen-bond acceptors (Lipinski definition) is 3. The fourth-order valence-corrected chi connectivity index (χ4v) is 2.80. The summed E-state index contributed by atoms with van der Waals surface area (Å²) in [5.74, 6) is 0.139. The molecule has 2 aromatic rings. The van der Waals surface area contributed by atoms with Gasteiger partial charge in [-0.1, -0.05) is 12.1 Å². The van der Waals surface area contributed by atoms with E-state index in [1.807, 2.05) is 27.7 Å². The second-order valence-corrected chi connectivity index (χ2v) is 7.64. The molecular formula is C20H23BrN2O3. The van der Waals surface area contributed by atoms with Gasteiger partial charge in [0.2, 0.25) is 0 Å². The smallest absolute Gasteiger partial charge is 0.255 e. The molecule has 0 bridgehead atoms. The van der Waals surface area contributed by atoms with E-state index in [4.69, 9.17) is 4.74 Å². The molecule has 6 heteroatoms. The zero-order chi connectivity index (χ0) is 19.3. The van der Waals surface area contributed by atoms with E-state index < -0.39 is 0 Å². The highest BCUT2D eigenvalue weighted by Crippen LogP contribution is 2.26. The third-order valence-electron chi connectivity index (χ3n) is 3.40. The van der Waals surface area contributed by atoms with Crippen molar-refractivity contribution in [3.05, 3.63) is 58.1 Å². The highest BCUT2D eigenvalue weighted by atomic mass is 79.9. The molecule has 0 saturated carbocycles. The lowest BCUT2D eigenvalue weighted by Gasteiger charge is -2.21. The van der Waals surface area contributed by atoms with Crippen LogP contribution in [-0.4, -0.2) is 24.0 Å². The van der Waals surface area contributed by atoms with Crippen LogP contribution in [-0.2, 0) is 0 Å². The molecular weight excluding hydrogens is 396 g/mol. The third-order valence-corrected chi connectivity index (χ3v) is 4.02. The molecule has 138 valence electrons. The Hall–Kier alpha value is -2.34. The molecule has 0 aromatic heterocycles. The molecule has 2 N–H and O–H groups in total. The molecule has 2 aromatic carbocycles. The average molecular weight is 419 g/mol. The first kappa shape index (κ1) is 20.0. The van der Waals surface area contributed by atoms with Crippen LogP contribution in [0.3, 0.4) is 0 Å². The summed E-state index contributed by atoms with van der Waals surface area (Å²) < 4.78 is 6.15. The lowest BCUT2D eigenvalue weighted by Crippen LogP contribution is -2.40. The van der Waals surface area contributed by atoms with Crippen LogP contribution in [0.15, 0.2) is 46.9 Å². The Morgan fingerprint density at radius 2 is 1.77 bits per heavy atom. The Morgan fingerprint density at radius 3 is 2.38 bits per heavy atom. The van der Waals surface area contributed by atoms with Crippen molar-refractivity contribution in [2.45, 2.75) is 33.2 Å². The van der Waals surface area contributed by atoms with Gasteiger partial charge >= 0.3 is 0 Å². The first-order valence-corrected chi connectivity index (χ1v) is 9.16. The fraction of sp³-hybridized carbons (Fsp3) is 0.300. The summed E-state index contributed by atoms with van der Waals surface area (Å²) in [4.78, 5) is 25.1. The van der Waals surface area contributed by atoms with Gasteiger partial charge in [0, 0.05) is 11.1 Å². The Bertz CT molecular complexity index is 813. The van der Waals surface area contributed by atoms with Gasteiger partial charge in [0.15, 0.2) is 0 Å². The zero-order valence-corrected chi connectivity index (χ0v) is 16.9. The number of carbonyl (C=O) groups is 2. The lowest BCUT2D eigenvalue weighted by molar-refractivity contribution is 0.0920. The van der Waals surface area contributed by atoms with Gasteiger partial charge in [-0.05, 0) is 74.0 Å². The number of benzene rings is 2. The van der Waals surface area contributed by atoms with Gasteiger partial charge in [0.1, 0.15) is 5.75 Å². The van der Waals surface area contributed by atoms with E-state index in [-0.39, 0.29) is 17.4 Å². The maximum atomic E-state index is 12.6. The summed E-state index contributed by atoms with van der Waals surface area (Å²) in [6.45, 7) is 8.16. The van der Waals surface area contributed by atoms with Gasteiger partial charge < -0.3 is 15.4 Å². The van der Waals surface area contributed by atoms with Crippen molar-refractivity contribution in [1.29, 1.82) is 0 Å². The normalized spacial score (nSPS) is 11.0. The molecule has 0 aliphatic rings. The Morgan fingerprint density at radius 1 is 1.08 bits per heavy atom. The number of nitrogens with one attached hydrogen (secondary N) is 2. The Kier molecular flexibility index (Phi) is 6.42. The molecule has 0 spiro atoms. The summed E-state index contributed by atoms with van der Waals surface area (Å²) in [6, 6.07) is 12.0. The zero-order valence-electron chi connectivity index (χ0n) is 15.4. The monoisotopic (exact) mass is 418 g/mol. The quantitative estimate of drug-likeness (QED) is 0.743. The molecule has 2 rings (SSSR count). The maximum absolute atomic E-state index is 12.6. The number of halogens is 1. The molecule has 0 saturated heterocycles. The van der Waals surface area contributed by atoms with Crippen LogP contribution in [0.1, 0.15) is 48.4 Å². The minimum atomic E-state index is -0.367. The van der Waals surface area contributed by atoms with E-state index >= 15 is 0 Å². The Labute approximate surface area is 162 Å². The second-order valence-electron chi connectivity index (χ2n) is 6.78. The van der Waals surface area contributed by atoms with Crippen molar-refractivity contribution < 1.29 is 14.3 Å². The third kappa shape index (κ3) is 5.33. The molecule has 5 nitrogen and oxygen atoms in total. The van der Waals surface area contributed by atoms with Gasteiger partial charge in [0.25, 0.3) is 11.8 Å². The van der Waals surface area contributed by atoms with E-state index in [2.05, 4.69) is 26.6 Å². The summed E-state index contributed by atoms with van der Waals surface area (Å²) in [7, 11) is 0. The molecule has 0 aliphatic carbocycles. The van der Waals surface area contributed by atoms with Crippen molar-refractivity contribution >= 4 is 33.4 Å². The predicted molar refractivity (Wildman–Crippen MR) is 107 cm³/mol. The standard InChI is InChI=1S/C20H23BrN2O3/c1-5-26-17-11-10-13(12-15(17)21)18(24)22-16-9-7-6-8-14(16)19(25)23-20(2,3)4/h6-12H,5H2,1-4H3,(H,22,24)(H,23,25). The van der Waals surface area contributed by atoms with Crippen molar-refractivity contribution in [2.24, 2.45) is 0 Å². The largest absolute Gasteiger partial charge is 0.493 e. The van der Waals surface area contributed by atoms with Gasteiger partial charge in [-0.3, -0.25) is 9.59 Å². The van der Waals surface area contributed by atoms with Crippen molar-refractivity contribution in [3.8, 4) is 5.75 Å². The number of hydrogen-bond donors (Lipinski definition) is 2. The first-order valence-electron chi connectivity index (χ1n) is 8.36. The van der Waals surface area contributed by atoms with Crippen LogP contribution in [0, 0.1) is 0 Å². The summed E-state index contributed by atoms with van der Waals surface area (Å²) in [6.07, 6.45) is 0. The number of ether oxygens (including phenoxy) is 1. The van der Waals surface area contributed by atoms with E-state index in [1.54, 1.807) is 42.5 Å². The number of rotatable bonds is 5. The molecule has 0 fully saturated rings. The van der Waals surface area contributed by atoms with Gasteiger partial charge in [-0.15, -0.1) is 0 Å². The highest BCUT2D eigenvalue weighted by Gasteiger charge is 2.19. The minimum absolute atomic E-state index is 0.235. The number of anilines is 1. The summed E-state index contributed by atoms with van der Waals surface area (Å²) >= 11 is 3.40. The SMILES string of the molecule is CCOc1ccc(C(=O)Nc2ccccc2C(=O)NC(C)(C)C)cc1Br. The molecule has 0 aliphatic heterocycles. The number of carbonyl (C=O) groups excluding carboxylic acids is 2. The maximum Gasteiger partial charge on any atom is 0.255 e. The van der Waals surface area contributed by atoms with Crippen LogP contribution in [0.25, 0.3) is 0 Å². The molecule has 0 radical (unpaired) electrons. The molecule has 26 heavy (non-hydrogen) atoms. The highest BCUT2D eigenvalue weighted by molar-refractivity contribution is 9.10. The lowest BCUT2D eigenvalue weighted by atomic mass is 10.1. The van der Waals surface area contributed by atoms with Crippen LogP contribution < -0.4 is 15.4 Å². The molecule has 0 atom stereocenters. The average Bonchev–Trinajstić information content (AvgIpc) is 2.55. The van der Waals surface area contributed by atoms with Crippen LogP contribution in [0.5, 0.6) is 5.75 Å². The molecule has 0 heterocycles. The van der Waals surface area contributed by atoms with Gasteiger partial charge in [0.05, 0.1) is 22.3 Å². The fourth-order valence-electron chi connectivity index (χ4n) is 2.31. The topological polar surface area (TPSA) is 67.4 Å².